The fraction of sp³-hybridized carbons (Fsp3) is 0.462. The normalized spacial score (nSPS) is 10.6. The van der Waals surface area contributed by atoms with Crippen molar-refractivity contribution in [3.63, 3.8) is 0 Å². The second-order valence-corrected chi connectivity index (χ2v) is 4.58. The minimum atomic E-state index is -2.54. The molecular formula is C13H16BrF2NO2. The van der Waals surface area contributed by atoms with Gasteiger partial charge in [-0.25, -0.2) is 8.78 Å². The van der Waals surface area contributed by atoms with Crippen molar-refractivity contribution < 1.29 is 18.3 Å². The predicted molar refractivity (Wildman–Crippen MR) is 73.3 cm³/mol. The maximum absolute atomic E-state index is 12.4. The van der Waals surface area contributed by atoms with Crippen molar-refractivity contribution >= 4 is 21.8 Å². The summed E-state index contributed by atoms with van der Waals surface area (Å²) >= 11 is 3.15. The Kier molecular flexibility index (Phi) is 6.77. The van der Waals surface area contributed by atoms with Gasteiger partial charge in [0.05, 0.1) is 13.2 Å². The van der Waals surface area contributed by atoms with E-state index in [1.807, 2.05) is 6.92 Å². The maximum atomic E-state index is 12.4. The quantitative estimate of drug-likeness (QED) is 0.716. The van der Waals surface area contributed by atoms with E-state index < -0.39 is 18.9 Å². The summed E-state index contributed by atoms with van der Waals surface area (Å²) < 4.78 is 30.1. The lowest BCUT2D eigenvalue weighted by atomic mass is 10.2. The summed E-state index contributed by atoms with van der Waals surface area (Å²) in [5.74, 6) is 0.253. The zero-order valence-electron chi connectivity index (χ0n) is 10.6. The van der Waals surface area contributed by atoms with E-state index in [0.29, 0.717) is 23.2 Å². The molecule has 106 valence electrons. The van der Waals surface area contributed by atoms with Gasteiger partial charge in [-0.3, -0.25) is 4.79 Å². The number of carbonyl (C=O) groups excluding carboxylic acids is 1. The summed E-state index contributed by atoms with van der Waals surface area (Å²) in [6, 6.07) is 6.48. The number of rotatable bonds is 7. The van der Waals surface area contributed by atoms with Crippen molar-refractivity contribution in [2.75, 3.05) is 25.0 Å². The largest absolute Gasteiger partial charge is 0.494 e. The van der Waals surface area contributed by atoms with Crippen molar-refractivity contribution in [2.24, 2.45) is 0 Å². The molecule has 0 spiro atoms. The number of nitrogens with zero attached hydrogens (tertiary/aromatic N) is 1. The summed E-state index contributed by atoms with van der Waals surface area (Å²) in [5.41, 5.74) is 0.380. The van der Waals surface area contributed by atoms with Gasteiger partial charge in [-0.1, -0.05) is 15.9 Å². The predicted octanol–water partition coefficient (Wildman–Crippen LogP) is 3.19. The molecule has 0 radical (unpaired) electrons. The van der Waals surface area contributed by atoms with E-state index in [-0.39, 0.29) is 6.54 Å². The van der Waals surface area contributed by atoms with Crippen LogP contribution < -0.4 is 4.74 Å². The molecule has 0 heterocycles. The van der Waals surface area contributed by atoms with Crippen LogP contribution in [0.25, 0.3) is 0 Å². The first-order valence-electron chi connectivity index (χ1n) is 5.94. The Labute approximate surface area is 119 Å². The number of hydrogen-bond acceptors (Lipinski definition) is 2. The molecular weight excluding hydrogens is 320 g/mol. The third kappa shape index (κ3) is 5.14. The van der Waals surface area contributed by atoms with E-state index in [1.165, 1.54) is 0 Å². The third-order valence-corrected chi connectivity index (χ3v) is 2.77. The van der Waals surface area contributed by atoms with Crippen molar-refractivity contribution in [3.8, 4) is 5.75 Å². The van der Waals surface area contributed by atoms with E-state index in [4.69, 9.17) is 4.74 Å². The van der Waals surface area contributed by atoms with E-state index in [1.54, 1.807) is 24.3 Å². The molecule has 1 rings (SSSR count). The molecule has 0 aromatic heterocycles. The molecule has 1 aromatic rings. The van der Waals surface area contributed by atoms with Crippen LogP contribution in [0.2, 0.25) is 0 Å². The van der Waals surface area contributed by atoms with Crippen LogP contribution in [0.15, 0.2) is 24.3 Å². The minimum Gasteiger partial charge on any atom is -0.494 e. The molecule has 0 saturated carbocycles. The zero-order valence-corrected chi connectivity index (χ0v) is 12.2. The van der Waals surface area contributed by atoms with Crippen LogP contribution >= 0.6 is 15.9 Å². The Morgan fingerprint density at radius 3 is 2.47 bits per heavy atom. The molecule has 0 saturated heterocycles. The monoisotopic (exact) mass is 335 g/mol. The highest BCUT2D eigenvalue weighted by atomic mass is 79.9. The SMILES string of the molecule is CCOc1ccc(C(=O)N(CCBr)CC(F)F)cc1. The first-order chi connectivity index (χ1) is 9.08. The molecule has 1 aromatic carbocycles. The molecule has 0 bridgehead atoms. The molecule has 3 nitrogen and oxygen atoms in total. The van der Waals surface area contributed by atoms with Gasteiger partial charge in [0, 0.05) is 17.4 Å². The maximum Gasteiger partial charge on any atom is 0.255 e. The van der Waals surface area contributed by atoms with Gasteiger partial charge in [-0.05, 0) is 31.2 Å². The van der Waals surface area contributed by atoms with Crippen molar-refractivity contribution in [1.82, 2.24) is 4.90 Å². The number of alkyl halides is 3. The molecule has 19 heavy (non-hydrogen) atoms. The molecule has 0 aliphatic rings. The standard InChI is InChI=1S/C13H16BrF2NO2/c1-2-19-11-5-3-10(4-6-11)13(18)17(8-7-14)9-12(15)16/h3-6,12H,2,7-9H2,1H3. The van der Waals surface area contributed by atoms with Gasteiger partial charge in [-0.15, -0.1) is 0 Å². The molecule has 0 atom stereocenters. The van der Waals surface area contributed by atoms with Gasteiger partial charge in [0.15, 0.2) is 0 Å². The van der Waals surface area contributed by atoms with Crippen LogP contribution in [0.1, 0.15) is 17.3 Å². The summed E-state index contributed by atoms with van der Waals surface area (Å²) in [6.07, 6.45) is -2.54. The second kappa shape index (κ2) is 8.09. The van der Waals surface area contributed by atoms with Gasteiger partial charge >= 0.3 is 0 Å². The van der Waals surface area contributed by atoms with Crippen molar-refractivity contribution in [3.05, 3.63) is 29.8 Å². The number of amides is 1. The van der Waals surface area contributed by atoms with E-state index >= 15 is 0 Å². The van der Waals surface area contributed by atoms with Crippen molar-refractivity contribution in [1.29, 1.82) is 0 Å². The van der Waals surface area contributed by atoms with Gasteiger partial charge < -0.3 is 9.64 Å². The number of benzene rings is 1. The molecule has 0 N–H and O–H groups in total. The summed E-state index contributed by atoms with van der Waals surface area (Å²) in [7, 11) is 0. The average Bonchev–Trinajstić information content (AvgIpc) is 2.38. The lowest BCUT2D eigenvalue weighted by Gasteiger charge is -2.21. The Morgan fingerprint density at radius 1 is 1.37 bits per heavy atom. The average molecular weight is 336 g/mol. The molecule has 6 heteroatoms. The Balaban J connectivity index is 2.77. The van der Waals surface area contributed by atoms with Gasteiger partial charge in [-0.2, -0.15) is 0 Å². The molecule has 1 amide bonds. The highest BCUT2D eigenvalue weighted by Gasteiger charge is 2.19. The van der Waals surface area contributed by atoms with Crippen LogP contribution in [0.5, 0.6) is 5.75 Å². The summed E-state index contributed by atoms with van der Waals surface area (Å²) in [6.45, 7) is 2.09. The van der Waals surface area contributed by atoms with Crippen LogP contribution in [-0.4, -0.2) is 42.3 Å². The highest BCUT2D eigenvalue weighted by Crippen LogP contribution is 2.14. The van der Waals surface area contributed by atoms with E-state index in [9.17, 15) is 13.6 Å². The van der Waals surface area contributed by atoms with Crippen LogP contribution in [0, 0.1) is 0 Å². The Morgan fingerprint density at radius 2 is 2.00 bits per heavy atom. The Bertz CT molecular complexity index is 398. The number of ether oxygens (including phenoxy) is 1. The smallest absolute Gasteiger partial charge is 0.255 e. The number of hydrogen-bond donors (Lipinski definition) is 0. The van der Waals surface area contributed by atoms with Crippen LogP contribution in [0.3, 0.4) is 0 Å². The number of carbonyl (C=O) groups is 1. The fourth-order valence-electron chi connectivity index (χ4n) is 1.59. The second-order valence-electron chi connectivity index (χ2n) is 3.79. The van der Waals surface area contributed by atoms with E-state index in [0.717, 1.165) is 4.90 Å². The first kappa shape index (κ1) is 15.9. The first-order valence-corrected chi connectivity index (χ1v) is 7.06. The fourth-order valence-corrected chi connectivity index (χ4v) is 2.02. The minimum absolute atomic E-state index is 0.246. The van der Waals surface area contributed by atoms with E-state index in [2.05, 4.69) is 15.9 Å². The summed E-state index contributed by atoms with van der Waals surface area (Å²) in [5, 5.41) is 0.461. The van der Waals surface area contributed by atoms with Gasteiger partial charge in [0.2, 0.25) is 0 Å². The number of halogens is 3. The van der Waals surface area contributed by atoms with Gasteiger partial charge in [0.1, 0.15) is 5.75 Å². The molecule has 0 unspecified atom stereocenters. The highest BCUT2D eigenvalue weighted by molar-refractivity contribution is 9.09. The molecule has 0 fully saturated rings. The third-order valence-electron chi connectivity index (χ3n) is 2.41. The lowest BCUT2D eigenvalue weighted by molar-refractivity contribution is 0.0572. The van der Waals surface area contributed by atoms with Crippen molar-refractivity contribution in [2.45, 2.75) is 13.3 Å². The zero-order chi connectivity index (χ0) is 14.3. The molecule has 0 aliphatic carbocycles. The van der Waals surface area contributed by atoms with Crippen LogP contribution in [-0.2, 0) is 0 Å². The topological polar surface area (TPSA) is 29.5 Å². The Hall–Kier alpha value is -1.17. The lowest BCUT2D eigenvalue weighted by Crippen LogP contribution is -2.36. The summed E-state index contributed by atoms with van der Waals surface area (Å²) in [4.78, 5) is 13.2. The molecule has 0 aliphatic heterocycles. The van der Waals surface area contributed by atoms with Gasteiger partial charge in [0.25, 0.3) is 12.3 Å². The van der Waals surface area contributed by atoms with Crippen LogP contribution in [0.4, 0.5) is 8.78 Å².